The van der Waals surface area contributed by atoms with Crippen molar-refractivity contribution in [1.82, 2.24) is 0 Å². The topological polar surface area (TPSA) is 35.5 Å². The highest BCUT2D eigenvalue weighted by Crippen LogP contribution is 2.22. The van der Waals surface area contributed by atoms with Gasteiger partial charge in [-0.05, 0) is 36.6 Å². The Kier molecular flexibility index (Phi) is 6.01. The van der Waals surface area contributed by atoms with Crippen LogP contribution in [-0.4, -0.2) is 25.6 Å². The van der Waals surface area contributed by atoms with Gasteiger partial charge >= 0.3 is 0 Å². The smallest absolute Gasteiger partial charge is 0.227 e. The summed E-state index contributed by atoms with van der Waals surface area (Å²) in [5, 5.41) is -0.377. The number of methoxy groups -OCH3 is 1. The van der Waals surface area contributed by atoms with Crippen molar-refractivity contribution >= 4 is 16.8 Å². The number of rotatable bonds is 7. The van der Waals surface area contributed by atoms with Gasteiger partial charge in [0.2, 0.25) is 5.24 Å². The molecule has 0 N–H and O–H groups in total. The Balaban J connectivity index is 2.80. The number of ether oxygens (including phenoxy) is 2. The average Bonchev–Trinajstić information content (AvgIpc) is 2.31. The van der Waals surface area contributed by atoms with Gasteiger partial charge in [0.25, 0.3) is 0 Å². The maximum Gasteiger partial charge on any atom is 0.227 e. The predicted octanol–water partition coefficient (Wildman–Crippen LogP) is 2.66. The van der Waals surface area contributed by atoms with Gasteiger partial charge in [-0.3, -0.25) is 4.79 Å². The maximum atomic E-state index is 11.3. The third-order valence-corrected chi connectivity index (χ3v) is 2.74. The molecule has 17 heavy (non-hydrogen) atoms. The van der Waals surface area contributed by atoms with Crippen molar-refractivity contribution in [3.8, 4) is 5.75 Å². The van der Waals surface area contributed by atoms with E-state index in [1.54, 1.807) is 7.11 Å². The highest BCUT2D eigenvalue weighted by molar-refractivity contribution is 6.64. The van der Waals surface area contributed by atoms with Crippen molar-refractivity contribution in [2.24, 2.45) is 5.92 Å². The second-order valence-corrected chi connectivity index (χ2v) is 4.07. The highest BCUT2D eigenvalue weighted by Gasteiger charge is 2.18. The van der Waals surface area contributed by atoms with E-state index in [1.807, 2.05) is 31.2 Å². The number of carbonyl (C=O) groups excluding carboxylic acids is 1. The molecule has 3 nitrogen and oxygen atoms in total. The van der Waals surface area contributed by atoms with E-state index < -0.39 is 0 Å². The van der Waals surface area contributed by atoms with Gasteiger partial charge in [0.1, 0.15) is 5.75 Å². The van der Waals surface area contributed by atoms with Gasteiger partial charge in [0.05, 0.1) is 19.1 Å². The molecule has 1 aromatic carbocycles. The summed E-state index contributed by atoms with van der Waals surface area (Å²) in [6, 6.07) is 7.65. The van der Waals surface area contributed by atoms with Crippen LogP contribution >= 0.6 is 11.6 Å². The van der Waals surface area contributed by atoms with Gasteiger partial charge in [-0.2, -0.15) is 0 Å². The molecule has 1 atom stereocenters. The van der Waals surface area contributed by atoms with Crippen molar-refractivity contribution in [2.75, 3.05) is 20.3 Å². The lowest BCUT2D eigenvalue weighted by molar-refractivity contribution is -0.116. The van der Waals surface area contributed by atoms with Crippen LogP contribution in [0, 0.1) is 5.92 Å². The minimum Gasteiger partial charge on any atom is -0.494 e. The van der Waals surface area contributed by atoms with Crippen LogP contribution in [0.15, 0.2) is 24.3 Å². The molecule has 0 aliphatic rings. The van der Waals surface area contributed by atoms with Crippen LogP contribution in [-0.2, 0) is 16.0 Å². The molecule has 0 heterocycles. The quantitative estimate of drug-likeness (QED) is 0.704. The summed E-state index contributed by atoms with van der Waals surface area (Å²) < 4.78 is 10.5. The maximum absolute atomic E-state index is 11.3. The summed E-state index contributed by atoms with van der Waals surface area (Å²) in [6.45, 7) is 2.85. The Labute approximate surface area is 107 Å². The fourth-order valence-corrected chi connectivity index (χ4v) is 1.78. The number of halogens is 1. The van der Waals surface area contributed by atoms with E-state index in [2.05, 4.69) is 0 Å². The number of hydrogen-bond donors (Lipinski definition) is 0. The zero-order chi connectivity index (χ0) is 12.7. The predicted molar refractivity (Wildman–Crippen MR) is 67.5 cm³/mol. The Morgan fingerprint density at radius 1 is 1.41 bits per heavy atom. The van der Waals surface area contributed by atoms with E-state index in [9.17, 15) is 4.79 Å². The Morgan fingerprint density at radius 3 is 2.71 bits per heavy atom. The molecule has 4 heteroatoms. The second kappa shape index (κ2) is 7.30. The SMILES string of the molecule is CCOc1ccccc1CC(COC)C(=O)Cl. The first-order valence-electron chi connectivity index (χ1n) is 5.58. The van der Waals surface area contributed by atoms with Crippen LogP contribution < -0.4 is 4.74 Å². The lowest BCUT2D eigenvalue weighted by Crippen LogP contribution is -2.18. The summed E-state index contributed by atoms with van der Waals surface area (Å²) in [7, 11) is 1.56. The lowest BCUT2D eigenvalue weighted by atomic mass is 10.0. The molecule has 94 valence electrons. The van der Waals surface area contributed by atoms with Gasteiger partial charge < -0.3 is 9.47 Å². The molecule has 0 aliphatic carbocycles. The first-order valence-corrected chi connectivity index (χ1v) is 5.95. The van der Waals surface area contributed by atoms with Gasteiger partial charge in [-0.15, -0.1) is 0 Å². The van der Waals surface area contributed by atoms with E-state index in [0.29, 0.717) is 19.6 Å². The lowest BCUT2D eigenvalue weighted by Gasteiger charge is -2.14. The molecular weight excluding hydrogens is 240 g/mol. The third-order valence-electron chi connectivity index (χ3n) is 2.43. The van der Waals surface area contributed by atoms with Crippen molar-refractivity contribution in [3.05, 3.63) is 29.8 Å². The molecule has 0 saturated heterocycles. The summed E-state index contributed by atoms with van der Waals surface area (Å²) in [5.74, 6) is 0.470. The molecule has 0 radical (unpaired) electrons. The van der Waals surface area contributed by atoms with Crippen LogP contribution in [0.4, 0.5) is 0 Å². The van der Waals surface area contributed by atoms with E-state index in [0.717, 1.165) is 11.3 Å². The van der Waals surface area contributed by atoms with E-state index in [-0.39, 0.29) is 11.2 Å². The van der Waals surface area contributed by atoms with Crippen LogP contribution in [0.25, 0.3) is 0 Å². The largest absolute Gasteiger partial charge is 0.494 e. The number of para-hydroxylation sites is 1. The standard InChI is InChI=1S/C13H17ClO3/c1-3-17-12-7-5-4-6-10(12)8-11(9-16-2)13(14)15/h4-7,11H,3,8-9H2,1-2H3. The minimum atomic E-state index is -0.377. The van der Waals surface area contributed by atoms with Gasteiger partial charge in [-0.25, -0.2) is 0 Å². The second-order valence-electron chi connectivity index (χ2n) is 3.70. The van der Waals surface area contributed by atoms with Crippen LogP contribution in [0.1, 0.15) is 12.5 Å². The van der Waals surface area contributed by atoms with Crippen LogP contribution in [0.5, 0.6) is 5.75 Å². The van der Waals surface area contributed by atoms with Crippen LogP contribution in [0.3, 0.4) is 0 Å². The summed E-state index contributed by atoms with van der Waals surface area (Å²) in [6.07, 6.45) is 0.534. The molecule has 0 aliphatic heterocycles. The summed E-state index contributed by atoms with van der Waals surface area (Å²) >= 11 is 5.54. The Morgan fingerprint density at radius 2 is 2.12 bits per heavy atom. The first-order chi connectivity index (χ1) is 8.19. The average molecular weight is 257 g/mol. The molecule has 0 bridgehead atoms. The van der Waals surface area contributed by atoms with Crippen molar-refractivity contribution in [2.45, 2.75) is 13.3 Å². The minimum absolute atomic E-state index is 0.322. The van der Waals surface area contributed by atoms with Crippen LogP contribution in [0.2, 0.25) is 0 Å². The molecule has 0 amide bonds. The van der Waals surface area contributed by atoms with E-state index in [4.69, 9.17) is 21.1 Å². The number of hydrogen-bond acceptors (Lipinski definition) is 3. The molecule has 0 fully saturated rings. The zero-order valence-corrected chi connectivity index (χ0v) is 10.9. The Bertz CT molecular complexity index is 365. The first kappa shape index (κ1) is 14.0. The van der Waals surface area contributed by atoms with Gasteiger partial charge in [0.15, 0.2) is 0 Å². The van der Waals surface area contributed by atoms with Crippen molar-refractivity contribution in [1.29, 1.82) is 0 Å². The fraction of sp³-hybridized carbons (Fsp3) is 0.462. The van der Waals surface area contributed by atoms with Crippen molar-refractivity contribution < 1.29 is 14.3 Å². The summed E-state index contributed by atoms with van der Waals surface area (Å²) in [4.78, 5) is 11.3. The number of carbonyl (C=O) groups is 1. The molecule has 1 unspecified atom stereocenters. The van der Waals surface area contributed by atoms with Gasteiger partial charge in [0, 0.05) is 7.11 Å². The zero-order valence-electron chi connectivity index (χ0n) is 10.1. The molecule has 0 aromatic heterocycles. The third kappa shape index (κ3) is 4.36. The molecule has 0 saturated carbocycles. The summed E-state index contributed by atoms with van der Waals surface area (Å²) in [5.41, 5.74) is 0.977. The molecule has 1 aromatic rings. The Hall–Kier alpha value is -1.06. The molecule has 1 rings (SSSR count). The fourth-order valence-electron chi connectivity index (χ4n) is 1.64. The molecule has 0 spiro atoms. The number of benzene rings is 1. The normalized spacial score (nSPS) is 12.2. The molecular formula is C13H17ClO3. The van der Waals surface area contributed by atoms with Gasteiger partial charge in [-0.1, -0.05) is 18.2 Å². The van der Waals surface area contributed by atoms with E-state index >= 15 is 0 Å². The van der Waals surface area contributed by atoms with Crippen molar-refractivity contribution in [3.63, 3.8) is 0 Å². The highest BCUT2D eigenvalue weighted by atomic mass is 35.5. The van der Waals surface area contributed by atoms with E-state index in [1.165, 1.54) is 0 Å². The monoisotopic (exact) mass is 256 g/mol.